The number of hydrogen-bond acceptors (Lipinski definition) is 5. The van der Waals surface area contributed by atoms with Crippen LogP contribution in [0, 0.1) is 11.7 Å². The highest BCUT2D eigenvalue weighted by Gasteiger charge is 2.31. The number of nitrogens with zero attached hydrogens (tertiary/aromatic N) is 4. The van der Waals surface area contributed by atoms with Crippen LogP contribution in [0.15, 0.2) is 97.3 Å². The third-order valence-corrected chi connectivity index (χ3v) is 7.26. The van der Waals surface area contributed by atoms with Crippen LogP contribution in [0.5, 0.6) is 11.5 Å². The van der Waals surface area contributed by atoms with Gasteiger partial charge in [0.05, 0.1) is 12.8 Å². The Labute approximate surface area is 250 Å². The number of benzene rings is 4. The summed E-state index contributed by atoms with van der Waals surface area (Å²) >= 11 is 0. The predicted molar refractivity (Wildman–Crippen MR) is 156 cm³/mol. The quantitative estimate of drug-likeness (QED) is 0.162. The van der Waals surface area contributed by atoms with Crippen molar-refractivity contribution in [3.8, 4) is 39.7 Å². The molecule has 224 valence electrons. The largest absolute Gasteiger partial charge is 0.573 e. The Bertz CT molecular complexity index is 1780. The normalized spacial score (nSPS) is 13.0. The Morgan fingerprint density at radius 2 is 1.68 bits per heavy atom. The van der Waals surface area contributed by atoms with E-state index in [9.17, 15) is 22.4 Å². The summed E-state index contributed by atoms with van der Waals surface area (Å²) in [6.07, 6.45) is -1.25. The summed E-state index contributed by atoms with van der Waals surface area (Å²) in [6.45, 7) is 0.528. The molecule has 44 heavy (non-hydrogen) atoms. The van der Waals surface area contributed by atoms with Crippen LogP contribution < -0.4 is 14.4 Å². The second-order valence-corrected chi connectivity index (χ2v) is 10.4. The van der Waals surface area contributed by atoms with Gasteiger partial charge in [-0.05, 0) is 91.6 Å². The van der Waals surface area contributed by atoms with Gasteiger partial charge in [0.1, 0.15) is 23.6 Å². The minimum absolute atomic E-state index is 0.249. The van der Waals surface area contributed by atoms with Gasteiger partial charge in [-0.15, -0.1) is 18.3 Å². The third kappa shape index (κ3) is 6.41. The van der Waals surface area contributed by atoms with Gasteiger partial charge in [-0.3, -0.25) is 4.79 Å². The lowest BCUT2D eigenvalue weighted by molar-refractivity contribution is -0.274. The highest BCUT2D eigenvalue weighted by atomic mass is 19.4. The van der Waals surface area contributed by atoms with Gasteiger partial charge in [-0.2, -0.15) is 0 Å². The molecule has 1 aromatic heterocycles. The number of anilines is 1. The van der Waals surface area contributed by atoms with Gasteiger partial charge < -0.3 is 14.4 Å². The topological polar surface area (TPSA) is 69.5 Å². The number of amides is 1. The number of alkyl halides is 3. The van der Waals surface area contributed by atoms with Crippen LogP contribution in [-0.4, -0.2) is 40.7 Å². The van der Waals surface area contributed by atoms with Gasteiger partial charge in [0.25, 0.3) is 5.91 Å². The molecule has 1 aliphatic rings. The molecule has 1 aliphatic carbocycles. The van der Waals surface area contributed by atoms with Gasteiger partial charge in [0.2, 0.25) is 0 Å². The summed E-state index contributed by atoms with van der Waals surface area (Å²) in [7, 11) is 1.51. The molecule has 5 aromatic rings. The maximum Gasteiger partial charge on any atom is 0.573 e. The molecule has 1 saturated carbocycles. The van der Waals surface area contributed by atoms with Crippen LogP contribution in [0.3, 0.4) is 0 Å². The minimum Gasteiger partial charge on any atom is -0.496 e. The molecule has 11 heteroatoms. The number of hydrogen-bond donors (Lipinski definition) is 0. The summed E-state index contributed by atoms with van der Waals surface area (Å²) in [5.41, 5.74) is 3.04. The summed E-state index contributed by atoms with van der Waals surface area (Å²) < 4.78 is 63.1. The van der Waals surface area contributed by atoms with E-state index >= 15 is 0 Å². The molecule has 0 N–H and O–H groups in total. The lowest BCUT2D eigenvalue weighted by Crippen LogP contribution is -2.33. The number of ether oxygens (including phenoxy) is 2. The van der Waals surface area contributed by atoms with Crippen molar-refractivity contribution in [3.05, 3.63) is 109 Å². The molecule has 0 radical (unpaired) electrons. The van der Waals surface area contributed by atoms with Gasteiger partial charge in [0, 0.05) is 34.5 Å². The number of methoxy groups -OCH3 is 1. The van der Waals surface area contributed by atoms with Crippen molar-refractivity contribution in [3.63, 3.8) is 0 Å². The SMILES string of the molecule is COc1ccccc1-c1cc(C(=O)N(CC2CC2)c2ccc(-c3ncn(-c4ccc(OC(F)(F)F)cc4)n3)cc2)ccc1F. The van der Waals surface area contributed by atoms with E-state index in [2.05, 4.69) is 14.8 Å². The smallest absolute Gasteiger partial charge is 0.496 e. The fourth-order valence-electron chi connectivity index (χ4n) is 4.86. The van der Waals surface area contributed by atoms with Gasteiger partial charge >= 0.3 is 6.36 Å². The minimum atomic E-state index is -4.77. The Morgan fingerprint density at radius 3 is 2.36 bits per heavy atom. The summed E-state index contributed by atoms with van der Waals surface area (Å²) in [5.74, 6) is 0.247. The molecule has 0 atom stereocenters. The van der Waals surface area contributed by atoms with Crippen molar-refractivity contribution in [2.75, 3.05) is 18.6 Å². The molecule has 7 nitrogen and oxygen atoms in total. The van der Waals surface area contributed by atoms with Crippen LogP contribution in [0.4, 0.5) is 23.2 Å². The van der Waals surface area contributed by atoms with Crippen LogP contribution in [0.2, 0.25) is 0 Å². The molecule has 0 saturated heterocycles. The van der Waals surface area contributed by atoms with Crippen LogP contribution in [0.1, 0.15) is 23.2 Å². The van der Waals surface area contributed by atoms with Crippen LogP contribution in [0.25, 0.3) is 28.2 Å². The summed E-state index contributed by atoms with van der Waals surface area (Å²) in [4.78, 5) is 19.9. The molecule has 0 bridgehead atoms. The van der Waals surface area contributed by atoms with Crippen molar-refractivity contribution in [2.24, 2.45) is 5.92 Å². The van der Waals surface area contributed by atoms with Gasteiger partial charge in [0.15, 0.2) is 5.82 Å². The molecule has 4 aromatic carbocycles. The maximum absolute atomic E-state index is 14.9. The lowest BCUT2D eigenvalue weighted by Gasteiger charge is -2.23. The fourth-order valence-corrected chi connectivity index (χ4v) is 4.86. The van der Waals surface area contributed by atoms with E-state index < -0.39 is 12.2 Å². The zero-order valence-corrected chi connectivity index (χ0v) is 23.5. The summed E-state index contributed by atoms with van der Waals surface area (Å²) in [6, 6.07) is 23.9. The zero-order chi connectivity index (χ0) is 30.8. The van der Waals surface area contributed by atoms with E-state index in [1.807, 2.05) is 12.1 Å². The molecule has 1 heterocycles. The maximum atomic E-state index is 14.9. The average molecular weight is 603 g/mol. The van der Waals surface area contributed by atoms with E-state index in [1.165, 1.54) is 54.5 Å². The molecule has 0 spiro atoms. The van der Waals surface area contributed by atoms with Gasteiger partial charge in [-0.25, -0.2) is 14.1 Å². The van der Waals surface area contributed by atoms with Crippen molar-refractivity contribution >= 4 is 11.6 Å². The number of carbonyl (C=O) groups is 1. The monoisotopic (exact) mass is 602 g/mol. The van der Waals surface area contributed by atoms with E-state index in [-0.39, 0.29) is 17.2 Å². The molecular weight excluding hydrogens is 576 g/mol. The first-order chi connectivity index (χ1) is 21.2. The highest BCUT2D eigenvalue weighted by Crippen LogP contribution is 2.35. The Morgan fingerprint density at radius 1 is 0.955 bits per heavy atom. The summed E-state index contributed by atoms with van der Waals surface area (Å²) in [5, 5.41) is 4.45. The van der Waals surface area contributed by atoms with E-state index in [0.717, 1.165) is 12.8 Å². The standard InChI is InChI=1S/C33H26F4N4O3/c1-43-30-5-3-2-4-27(30)28-18-23(10-17-29(28)34)32(42)40(19-21-6-7-21)24-11-8-22(9-12-24)31-38-20-41(39-31)25-13-15-26(16-14-25)44-33(35,36)37/h2-5,8-18,20-21H,6-7,19H2,1H3. The average Bonchev–Trinajstić information content (AvgIpc) is 3.72. The highest BCUT2D eigenvalue weighted by molar-refractivity contribution is 6.07. The number of halogens is 4. The first-order valence-corrected chi connectivity index (χ1v) is 13.8. The number of para-hydroxylation sites is 1. The number of rotatable bonds is 9. The van der Waals surface area contributed by atoms with Crippen molar-refractivity contribution in [2.45, 2.75) is 19.2 Å². The Kier molecular flexibility index (Phi) is 7.77. The second kappa shape index (κ2) is 11.8. The number of aromatic nitrogens is 3. The molecular formula is C33H26F4N4O3. The third-order valence-electron chi connectivity index (χ3n) is 7.26. The van der Waals surface area contributed by atoms with Crippen LogP contribution in [-0.2, 0) is 0 Å². The molecule has 1 fully saturated rings. The predicted octanol–water partition coefficient (Wildman–Crippen LogP) is 7.70. The molecule has 0 unspecified atom stereocenters. The molecule has 1 amide bonds. The van der Waals surface area contributed by atoms with Crippen molar-refractivity contribution in [1.82, 2.24) is 14.8 Å². The van der Waals surface area contributed by atoms with Gasteiger partial charge in [-0.1, -0.05) is 18.2 Å². The first kappa shape index (κ1) is 28.9. The Balaban J connectivity index is 1.23. The van der Waals surface area contributed by atoms with Crippen LogP contribution >= 0.6 is 0 Å². The van der Waals surface area contributed by atoms with E-state index in [4.69, 9.17) is 4.74 Å². The zero-order valence-electron chi connectivity index (χ0n) is 23.5. The lowest BCUT2D eigenvalue weighted by atomic mass is 10.0. The fraction of sp³-hybridized carbons (Fsp3) is 0.182. The van der Waals surface area contributed by atoms with Crippen molar-refractivity contribution < 1.29 is 31.8 Å². The Hall–Kier alpha value is -5.19. The van der Waals surface area contributed by atoms with Crippen molar-refractivity contribution in [1.29, 1.82) is 0 Å². The molecule has 6 rings (SSSR count). The number of carbonyl (C=O) groups excluding carboxylic acids is 1. The van der Waals surface area contributed by atoms with E-state index in [0.29, 0.717) is 52.1 Å². The first-order valence-electron chi connectivity index (χ1n) is 13.8. The molecule has 0 aliphatic heterocycles. The second-order valence-electron chi connectivity index (χ2n) is 10.4. The van der Waals surface area contributed by atoms with E-state index in [1.54, 1.807) is 47.4 Å².